The van der Waals surface area contributed by atoms with Crippen LogP contribution in [-0.4, -0.2) is 366 Å². The SMILES string of the molecule is C.C.C.CC(C)NO.CC(C)O.CC(O)CCC(=O)NO.CCC(C)O.CCC(C)O.CCCC(O)COCO.CCCN(O)CCS(=O)(=O)O.CCO.CCOCC(O)COCO.CN(O)C(=O)CCCO.NOC(=O)c1ccccc1C(=O)NO.O=C(O)CN(O)CC(O)O.OCC(O)CN(O)CC(O)CO. The molecule has 7 unspecified atom stereocenters. The monoisotopic (exact) mass is 1640 g/mol. The van der Waals surface area contributed by atoms with Crippen LogP contribution in [0.2, 0.25) is 0 Å². The molecule has 0 spiro atoms. The molecule has 1 aromatic carbocycles. The second-order valence-electron chi connectivity index (χ2n) is 21.5. The number of carboxylic acid groups (broad SMARTS) is 1. The van der Waals surface area contributed by atoms with Crippen molar-refractivity contribution in [1.82, 2.24) is 36.7 Å². The zero-order chi connectivity index (χ0) is 85.8. The molecule has 0 fully saturated rings. The van der Waals surface area contributed by atoms with Crippen LogP contribution in [0, 0.1) is 0 Å². The molecule has 109 heavy (non-hydrogen) atoms. The molecule has 1 aromatic rings. The van der Waals surface area contributed by atoms with Gasteiger partial charge in [0.05, 0.1) is 106 Å². The van der Waals surface area contributed by atoms with Crippen molar-refractivity contribution in [2.24, 2.45) is 5.90 Å². The van der Waals surface area contributed by atoms with Crippen LogP contribution < -0.4 is 22.3 Å². The summed E-state index contributed by atoms with van der Waals surface area (Å²) in [5.41, 5.74) is 4.89. The van der Waals surface area contributed by atoms with Gasteiger partial charge >= 0.3 is 11.9 Å². The molecule has 0 saturated heterocycles. The number of aliphatic hydroxyl groups is 16. The number of nitrogens with two attached hydrogens (primary N) is 1. The predicted molar refractivity (Wildman–Crippen MR) is 400 cm³/mol. The fourth-order valence-corrected chi connectivity index (χ4v) is 4.98. The summed E-state index contributed by atoms with van der Waals surface area (Å²) in [4.78, 5) is 56.6. The highest BCUT2D eigenvalue weighted by atomic mass is 32.2. The van der Waals surface area contributed by atoms with Crippen LogP contribution in [0.4, 0.5) is 0 Å². The first-order chi connectivity index (χ1) is 49.2. The van der Waals surface area contributed by atoms with E-state index in [2.05, 4.69) is 20.2 Å². The number of rotatable bonds is 37. The quantitative estimate of drug-likeness (QED) is 0.0151. The van der Waals surface area contributed by atoms with Gasteiger partial charge in [0.15, 0.2) is 6.29 Å². The van der Waals surface area contributed by atoms with Gasteiger partial charge in [0.2, 0.25) is 11.8 Å². The van der Waals surface area contributed by atoms with Crippen LogP contribution in [0.1, 0.15) is 191 Å². The highest BCUT2D eigenvalue weighted by molar-refractivity contribution is 7.85. The predicted octanol–water partition coefficient (Wildman–Crippen LogP) is -1.79. The van der Waals surface area contributed by atoms with Gasteiger partial charge in [-0.2, -0.15) is 29.5 Å². The highest BCUT2D eigenvalue weighted by Gasteiger charge is 2.17. The maximum absolute atomic E-state index is 11.0. The van der Waals surface area contributed by atoms with Gasteiger partial charge in [-0.3, -0.25) is 39.4 Å². The zero-order valence-electron chi connectivity index (χ0n) is 63.9. The van der Waals surface area contributed by atoms with Gasteiger partial charge < -0.3 is 127 Å². The molecule has 0 saturated carbocycles. The molecule has 1 rings (SSSR count). The molecule has 30 N–H and O–H groups in total. The Morgan fingerprint density at radius 2 is 0.963 bits per heavy atom. The number of nitrogens with one attached hydrogen (secondary N) is 3. The zero-order valence-corrected chi connectivity index (χ0v) is 64.7. The second-order valence-corrected chi connectivity index (χ2v) is 23.1. The van der Waals surface area contributed by atoms with Crippen molar-refractivity contribution < 1.29 is 179 Å². The number of amides is 3. The smallest absolute Gasteiger partial charge is 0.357 e. The first-order valence-electron chi connectivity index (χ1n) is 33.1. The summed E-state index contributed by atoms with van der Waals surface area (Å²) in [6, 6.07) is 5.99. The van der Waals surface area contributed by atoms with E-state index >= 15 is 0 Å². The number of ether oxygens (including phenoxy) is 3. The number of carboxylic acids is 1. The average Bonchev–Trinajstić information content (AvgIpc) is 0.851. The molecule has 0 aliphatic rings. The van der Waals surface area contributed by atoms with Gasteiger partial charge in [-0.15, -0.1) is 0 Å². The van der Waals surface area contributed by atoms with E-state index in [0.717, 1.165) is 37.2 Å². The van der Waals surface area contributed by atoms with Crippen molar-refractivity contribution in [2.75, 3.05) is 119 Å². The number of nitrogens with zero attached hydrogens (tertiary/aromatic N) is 4. The lowest BCUT2D eigenvalue weighted by atomic mass is 10.1. The van der Waals surface area contributed by atoms with Gasteiger partial charge in [-0.25, -0.2) is 26.3 Å². The van der Waals surface area contributed by atoms with Gasteiger partial charge in [0.1, 0.15) is 26.2 Å². The fraction of sp³-hybridized carbons (Fsp3) is 0.828. The minimum absolute atomic E-state index is 0. The fourth-order valence-electron chi connectivity index (χ4n) is 4.54. The molecular weight excluding hydrogens is 1490 g/mol. The van der Waals surface area contributed by atoms with Crippen LogP contribution >= 0.6 is 0 Å². The normalized spacial score (nSPS) is 11.8. The Morgan fingerprint density at radius 3 is 1.25 bits per heavy atom. The third-order valence-corrected chi connectivity index (χ3v) is 10.5. The van der Waals surface area contributed by atoms with Crippen LogP contribution in [0.15, 0.2) is 24.3 Å². The molecule has 44 nitrogen and oxygen atoms in total. The van der Waals surface area contributed by atoms with E-state index in [4.69, 9.17) is 133 Å². The first-order valence-corrected chi connectivity index (χ1v) is 34.7. The molecule has 0 aliphatic carbocycles. The number of hydrogen-bond acceptors (Lipinski definition) is 39. The number of carbonyl (C=O) groups is 5. The minimum Gasteiger partial charge on any atom is -0.480 e. The van der Waals surface area contributed by atoms with E-state index in [1.54, 1.807) is 47.6 Å². The third-order valence-electron chi connectivity index (χ3n) is 9.85. The first kappa shape index (κ1) is 140. The van der Waals surface area contributed by atoms with Crippen molar-refractivity contribution in [1.29, 1.82) is 0 Å². The van der Waals surface area contributed by atoms with E-state index in [1.807, 2.05) is 53.9 Å². The van der Waals surface area contributed by atoms with E-state index in [-0.39, 0.29) is 143 Å². The molecule has 0 heterocycles. The topological polar surface area (TPSA) is 737 Å². The molecule has 3 amide bonds. The van der Waals surface area contributed by atoms with Crippen LogP contribution in [0.3, 0.4) is 0 Å². The standard InChI is InChI=1S/C8H8N2O4.C6H15NO5.C6H14O4.C6H14O3.C5H13NO4S.2C5H11NO3.C4H9NO5.2C4H10O.C3H9NO.C3H8O.C2H6O.3CH4/c9-14-8(12)6-4-2-1-3-5(6)7(11)10-13;8-3-5(10)1-7(12)2-6(11)4-9;1-2-9-3-6(8)4-10-5-7;1-2-3-6(8)4-9-5-7;1-2-3-6(7)4-5-11(8,9)10;1-6(9)5(8)3-2-4-7;1-4(7)2-3-5(8)6-9;6-3(7)1-5(10)2-4(8)9;2*1-3-4(2)5;1-3(2)4-5;1-3(2)4;1-2-3;;;/h1-4,13H,9H2,(H,10,11);5-6,8-12H,1-4H2;6-8H,2-5H2,1H3;6-8H,2-5H2,1H3;7H,2-5H2,1H3,(H,8,9,10);7,9H,2-4H2,1H3;4,7,9H,2-3H2,1H3,(H,6,8);3,6-7,10H,1-2H2,(H,8,9);2*4-5H,3H2,1-2H3;3-5H,1-2H3;3-4H,1-2H3;3H,2H2,1H3;3*1H4. The lowest BCUT2D eigenvalue weighted by Gasteiger charge is -2.19. The highest BCUT2D eigenvalue weighted by Crippen LogP contribution is 2.09. The molecule has 45 heteroatoms. The second kappa shape index (κ2) is 105. The molecule has 0 bridgehead atoms. The maximum atomic E-state index is 11.0. The average molecular weight is 1640 g/mol. The maximum Gasteiger partial charge on any atom is 0.357 e. The van der Waals surface area contributed by atoms with Crippen LogP contribution in [0.25, 0.3) is 0 Å². The van der Waals surface area contributed by atoms with Crippen molar-refractivity contribution in [3.63, 3.8) is 0 Å². The van der Waals surface area contributed by atoms with Gasteiger partial charge in [0.25, 0.3) is 16.0 Å². The van der Waals surface area contributed by atoms with Gasteiger partial charge in [-0.1, -0.05) is 68.5 Å². The summed E-state index contributed by atoms with van der Waals surface area (Å²) in [5.74, 6) is 0.534. The Labute approximate surface area is 644 Å². The summed E-state index contributed by atoms with van der Waals surface area (Å²) >= 11 is 0. The summed E-state index contributed by atoms with van der Waals surface area (Å²) in [6.07, 6.45) is -0.446. The Morgan fingerprint density at radius 1 is 0.560 bits per heavy atom. The number of hydroxylamine groups is 11. The minimum atomic E-state index is -3.94. The van der Waals surface area contributed by atoms with Gasteiger partial charge in [-0.05, 0) is 113 Å². The van der Waals surface area contributed by atoms with Crippen molar-refractivity contribution in [3.05, 3.63) is 35.4 Å². The summed E-state index contributed by atoms with van der Waals surface area (Å²) in [5, 5.41) is 204. The Balaban J connectivity index is -0.0000000685. The summed E-state index contributed by atoms with van der Waals surface area (Å²) < 4.78 is 42.5. The Bertz CT molecular complexity index is 2020. The third kappa shape index (κ3) is 153. The molecule has 0 aliphatic heterocycles. The van der Waals surface area contributed by atoms with Crippen molar-refractivity contribution in [3.8, 4) is 0 Å². The number of aliphatic hydroxyl groups excluding tert-OH is 15. The molecule has 668 valence electrons. The molecular formula is C64H150N8O36S. The molecule has 0 aromatic heterocycles. The van der Waals surface area contributed by atoms with E-state index in [0.29, 0.717) is 41.2 Å². The van der Waals surface area contributed by atoms with E-state index in [1.165, 1.54) is 36.2 Å². The number of hydrogen-bond donors (Lipinski definition) is 29. The van der Waals surface area contributed by atoms with Crippen LogP contribution in [0.5, 0.6) is 0 Å². The van der Waals surface area contributed by atoms with E-state index < -0.39 is 103 Å². The molecule has 0 radical (unpaired) electrons. The molecule has 7 atom stereocenters. The van der Waals surface area contributed by atoms with Crippen LogP contribution in [-0.2, 0) is 43.5 Å². The number of aliphatic carboxylic acids is 1. The Hall–Kier alpha value is -4.76. The van der Waals surface area contributed by atoms with Crippen molar-refractivity contribution in [2.45, 2.75) is 231 Å². The van der Waals surface area contributed by atoms with E-state index in [9.17, 15) is 32.4 Å². The number of carbonyl (C=O) groups excluding carboxylic acids is 4. The lowest BCUT2D eigenvalue weighted by Crippen LogP contribution is -2.38. The summed E-state index contributed by atoms with van der Waals surface area (Å²) in [7, 11) is -2.68. The van der Waals surface area contributed by atoms with Gasteiger partial charge in [0, 0.05) is 64.9 Å². The largest absolute Gasteiger partial charge is 0.480 e. The number of benzene rings is 1. The summed E-state index contributed by atoms with van der Waals surface area (Å²) in [6.45, 7) is 22.4. The Kier molecular flexibility index (Phi) is 135. The lowest BCUT2D eigenvalue weighted by molar-refractivity contribution is -0.173. The van der Waals surface area contributed by atoms with Crippen molar-refractivity contribution >= 4 is 39.8 Å².